The fourth-order valence-electron chi connectivity index (χ4n) is 2.69. The molecule has 0 spiro atoms. The molecule has 0 saturated heterocycles. The van der Waals surface area contributed by atoms with Gasteiger partial charge in [-0.05, 0) is 25.1 Å². The molecule has 2 heterocycles. The van der Waals surface area contributed by atoms with Gasteiger partial charge in [0, 0.05) is 6.20 Å². The molecule has 0 aliphatic rings. The van der Waals surface area contributed by atoms with Crippen molar-refractivity contribution in [3.63, 3.8) is 0 Å². The van der Waals surface area contributed by atoms with Gasteiger partial charge in [-0.2, -0.15) is 0 Å². The number of nitrogens with one attached hydrogen (secondary N) is 1. The van der Waals surface area contributed by atoms with Gasteiger partial charge in [-0.3, -0.25) is 10.1 Å². The Kier molecular flexibility index (Phi) is 5.01. The molecule has 28 heavy (non-hydrogen) atoms. The number of nitro groups is 1. The van der Waals surface area contributed by atoms with E-state index in [-0.39, 0.29) is 21.6 Å². The highest BCUT2D eigenvalue weighted by Crippen LogP contribution is 2.34. The minimum absolute atomic E-state index is 0.00554. The molecule has 0 aliphatic heterocycles. The average molecular weight is 404 g/mol. The van der Waals surface area contributed by atoms with Crippen molar-refractivity contribution in [2.45, 2.75) is 17.9 Å². The Morgan fingerprint density at radius 3 is 2.57 bits per heavy atom. The number of fused-ring (bicyclic) bond motifs is 1. The number of pyridine rings is 1. The number of rotatable bonds is 6. The van der Waals surface area contributed by atoms with E-state index in [0.717, 1.165) is 10.2 Å². The van der Waals surface area contributed by atoms with Crippen LogP contribution in [0, 0.1) is 10.1 Å². The van der Waals surface area contributed by atoms with E-state index in [2.05, 4.69) is 15.0 Å². The predicted molar refractivity (Wildman–Crippen MR) is 101 cm³/mol. The molecule has 0 aliphatic carbocycles. The summed E-state index contributed by atoms with van der Waals surface area (Å²) in [7, 11) is -2.76. The highest BCUT2D eigenvalue weighted by Gasteiger charge is 2.27. The summed E-state index contributed by atoms with van der Waals surface area (Å²) in [5, 5.41) is 14.3. The predicted octanol–water partition coefficient (Wildman–Crippen LogP) is 2.15. The first-order valence-electron chi connectivity index (χ1n) is 8.06. The van der Waals surface area contributed by atoms with Gasteiger partial charge in [0.05, 0.1) is 22.3 Å². The van der Waals surface area contributed by atoms with Crippen LogP contribution < -0.4 is 5.32 Å². The number of carbonyl (C=O) groups excluding carboxylic acids is 1. The summed E-state index contributed by atoms with van der Waals surface area (Å²) >= 11 is 0. The maximum absolute atomic E-state index is 12.9. The van der Waals surface area contributed by atoms with E-state index in [1.807, 2.05) is 0 Å². The fraction of sp³-hybridized carbons (Fsp3) is 0.176. The number of esters is 1. The first-order valence-corrected chi connectivity index (χ1v) is 9.51. The number of hydrogen-bond donors (Lipinski definition) is 1. The van der Waals surface area contributed by atoms with Gasteiger partial charge in [0.1, 0.15) is 17.9 Å². The molecule has 1 N–H and O–H groups in total. The van der Waals surface area contributed by atoms with E-state index in [4.69, 9.17) is 0 Å². The van der Waals surface area contributed by atoms with Crippen LogP contribution in [-0.2, 0) is 19.6 Å². The van der Waals surface area contributed by atoms with Gasteiger partial charge in [-0.15, -0.1) is 0 Å². The van der Waals surface area contributed by atoms with Crippen LogP contribution in [0.2, 0.25) is 0 Å². The Morgan fingerprint density at radius 2 is 1.96 bits per heavy atom. The third-order valence-electron chi connectivity index (χ3n) is 4.07. The van der Waals surface area contributed by atoms with E-state index in [1.54, 1.807) is 18.2 Å². The first kappa shape index (κ1) is 19.3. The molecule has 1 atom stereocenters. The lowest BCUT2D eigenvalue weighted by Crippen LogP contribution is -2.27. The molecule has 2 aromatic heterocycles. The SMILES string of the molecule is COC(=O)C(C)Nc1c([N+](=O)[O-])cnc2c1ccn2S(=O)(=O)c1ccccc1. The third-order valence-corrected chi connectivity index (χ3v) is 5.75. The highest BCUT2D eigenvalue weighted by molar-refractivity contribution is 7.90. The van der Waals surface area contributed by atoms with Gasteiger partial charge in [-0.1, -0.05) is 18.2 Å². The summed E-state index contributed by atoms with van der Waals surface area (Å²) < 4.78 is 31.4. The van der Waals surface area contributed by atoms with Crippen molar-refractivity contribution in [1.82, 2.24) is 8.96 Å². The second-order valence-electron chi connectivity index (χ2n) is 5.83. The lowest BCUT2D eigenvalue weighted by Gasteiger charge is -2.14. The molecule has 0 saturated carbocycles. The largest absolute Gasteiger partial charge is 0.467 e. The van der Waals surface area contributed by atoms with Gasteiger partial charge in [0.15, 0.2) is 5.65 Å². The summed E-state index contributed by atoms with van der Waals surface area (Å²) in [4.78, 5) is 26.5. The Morgan fingerprint density at radius 1 is 1.29 bits per heavy atom. The zero-order valence-corrected chi connectivity index (χ0v) is 15.7. The highest BCUT2D eigenvalue weighted by atomic mass is 32.2. The summed E-state index contributed by atoms with van der Waals surface area (Å²) in [6.45, 7) is 1.47. The number of carbonyl (C=O) groups is 1. The molecule has 1 aromatic carbocycles. The average Bonchev–Trinajstić information content (AvgIpc) is 3.13. The Labute approximate surface area is 160 Å². The molecule has 0 radical (unpaired) electrons. The van der Waals surface area contributed by atoms with Crippen molar-refractivity contribution < 1.29 is 22.9 Å². The second kappa shape index (κ2) is 7.27. The smallest absolute Gasteiger partial charge is 0.327 e. The monoisotopic (exact) mass is 404 g/mol. The van der Waals surface area contributed by atoms with Crippen LogP contribution in [0.1, 0.15) is 6.92 Å². The number of ether oxygens (including phenoxy) is 1. The molecule has 1 unspecified atom stereocenters. The number of anilines is 1. The third kappa shape index (κ3) is 3.27. The van der Waals surface area contributed by atoms with Crippen molar-refractivity contribution >= 4 is 38.4 Å². The summed E-state index contributed by atoms with van der Waals surface area (Å²) in [6, 6.07) is 8.22. The Balaban J connectivity index is 2.19. The molecule has 0 bridgehead atoms. The van der Waals surface area contributed by atoms with Crippen LogP contribution in [0.5, 0.6) is 0 Å². The number of nitrogens with zero attached hydrogens (tertiary/aromatic N) is 3. The van der Waals surface area contributed by atoms with Gasteiger partial charge in [0.2, 0.25) is 0 Å². The number of hydrogen-bond acceptors (Lipinski definition) is 8. The summed E-state index contributed by atoms with van der Waals surface area (Å²) in [5.41, 5.74) is -0.415. The molecule has 3 rings (SSSR count). The van der Waals surface area contributed by atoms with E-state index in [0.29, 0.717) is 0 Å². The van der Waals surface area contributed by atoms with Crippen LogP contribution in [-0.4, -0.2) is 41.4 Å². The number of methoxy groups -OCH3 is 1. The van der Waals surface area contributed by atoms with Crippen LogP contribution in [0.3, 0.4) is 0 Å². The summed E-state index contributed by atoms with van der Waals surface area (Å²) in [6.07, 6.45) is 2.21. The molecule has 10 nitrogen and oxygen atoms in total. The van der Waals surface area contributed by atoms with E-state index < -0.39 is 32.6 Å². The normalized spacial score (nSPS) is 12.5. The molecular formula is C17H16N4O6S. The Bertz CT molecular complexity index is 1160. The van der Waals surface area contributed by atoms with E-state index in [9.17, 15) is 23.3 Å². The maximum Gasteiger partial charge on any atom is 0.327 e. The minimum atomic E-state index is -3.96. The minimum Gasteiger partial charge on any atom is -0.467 e. The Hall–Kier alpha value is -3.47. The molecular weight excluding hydrogens is 388 g/mol. The lowest BCUT2D eigenvalue weighted by molar-refractivity contribution is -0.384. The zero-order valence-electron chi connectivity index (χ0n) is 14.9. The summed E-state index contributed by atoms with van der Waals surface area (Å²) in [5.74, 6) is -0.629. The van der Waals surface area contributed by atoms with Crippen LogP contribution >= 0.6 is 0 Å². The first-order chi connectivity index (χ1) is 13.3. The van der Waals surface area contributed by atoms with Gasteiger partial charge in [-0.25, -0.2) is 22.2 Å². The van der Waals surface area contributed by atoms with E-state index >= 15 is 0 Å². The zero-order chi connectivity index (χ0) is 20.5. The fourth-order valence-corrected chi connectivity index (χ4v) is 4.02. The van der Waals surface area contributed by atoms with Gasteiger partial charge in [0.25, 0.3) is 10.0 Å². The van der Waals surface area contributed by atoms with Crippen LogP contribution in [0.15, 0.2) is 53.7 Å². The topological polar surface area (TPSA) is 133 Å². The van der Waals surface area contributed by atoms with Crippen molar-refractivity contribution in [3.8, 4) is 0 Å². The van der Waals surface area contributed by atoms with Crippen molar-refractivity contribution in [3.05, 3.63) is 58.9 Å². The van der Waals surface area contributed by atoms with E-state index in [1.165, 1.54) is 38.4 Å². The molecule has 146 valence electrons. The van der Waals surface area contributed by atoms with Gasteiger partial charge >= 0.3 is 11.7 Å². The standard InChI is InChI=1S/C17H16N4O6S/c1-11(17(22)27-2)19-15-13-8-9-20(16(13)18-10-14(15)21(23)24)28(25,26)12-6-4-3-5-7-12/h3-11H,1-2H3,(H,18,19). The molecule has 11 heteroatoms. The van der Waals surface area contributed by atoms with Crippen molar-refractivity contribution in [2.24, 2.45) is 0 Å². The number of aromatic nitrogens is 2. The van der Waals surface area contributed by atoms with Gasteiger partial charge < -0.3 is 10.1 Å². The second-order valence-corrected chi connectivity index (χ2v) is 7.65. The molecule has 0 fully saturated rings. The number of benzene rings is 1. The van der Waals surface area contributed by atoms with Crippen molar-refractivity contribution in [2.75, 3.05) is 12.4 Å². The molecule has 0 amide bonds. The maximum atomic E-state index is 12.9. The van der Waals surface area contributed by atoms with Crippen LogP contribution in [0.25, 0.3) is 11.0 Å². The quantitative estimate of drug-likeness (QED) is 0.375. The van der Waals surface area contributed by atoms with Crippen molar-refractivity contribution in [1.29, 1.82) is 0 Å². The lowest BCUT2D eigenvalue weighted by atomic mass is 10.2. The molecule has 3 aromatic rings. The van der Waals surface area contributed by atoms with Crippen LogP contribution in [0.4, 0.5) is 11.4 Å².